The van der Waals surface area contributed by atoms with E-state index < -0.39 is 27.1 Å². The van der Waals surface area contributed by atoms with Crippen LogP contribution in [0, 0.1) is 0 Å². The Morgan fingerprint density at radius 3 is 1.25 bits per heavy atom. The average Bonchev–Trinajstić information content (AvgIpc) is 3.04. The summed E-state index contributed by atoms with van der Waals surface area (Å²) in [4.78, 5) is 47.0. The minimum absolute atomic E-state index is 0.00936. The molecule has 0 aliphatic rings. The number of carboxylic acid groups (broad SMARTS) is 2. The number of aliphatic carboxylic acids is 2. The second-order valence-corrected chi connectivity index (χ2v) is 21.6. The van der Waals surface area contributed by atoms with Gasteiger partial charge in [0.2, 0.25) is 15.2 Å². The van der Waals surface area contributed by atoms with Crippen LogP contribution in [0.2, 0.25) is 5.02 Å². The number of carboxylic acids is 2. The van der Waals surface area contributed by atoms with Crippen LogP contribution in [0.3, 0.4) is 0 Å². The van der Waals surface area contributed by atoms with E-state index in [9.17, 15) is 9.59 Å². The van der Waals surface area contributed by atoms with Crippen molar-refractivity contribution in [1.29, 1.82) is 0 Å². The SMILES string of the molecule is O=C(O)CCSc1ccc(-c2nc(C(Cl)(Cl)Cl)nc(C(Cl)(Cl)Cl)n2)cc1.O=C(O)CCSc1ccc(-c2nc(C(Cl)(Cl)Cl)nc(C(Cl)(Cl)Cl)n2)cc1Cl. The Balaban J connectivity index is 0.000000286. The van der Waals surface area contributed by atoms with Gasteiger partial charge in [-0.2, -0.15) is 0 Å². The molecule has 10 nitrogen and oxygen atoms in total. The minimum atomic E-state index is -1.96. The highest BCUT2D eigenvalue weighted by molar-refractivity contribution is 7.99. The van der Waals surface area contributed by atoms with E-state index in [1.807, 2.05) is 0 Å². The Bertz CT molecular complexity index is 1860. The summed E-state index contributed by atoms with van der Waals surface area (Å²) in [5.41, 5.74) is 1.05. The van der Waals surface area contributed by atoms with Crippen molar-refractivity contribution in [3.63, 3.8) is 0 Å². The topological polar surface area (TPSA) is 152 Å². The number of hydrogen-bond donors (Lipinski definition) is 2. The van der Waals surface area contributed by atoms with E-state index in [2.05, 4.69) is 29.9 Å². The third-order valence-corrected chi connectivity index (χ3v) is 10.3. The standard InChI is InChI=1S/C14H8Cl7N3O2S.C14H9Cl6N3O2S/c15-7-5-6(1-2-8(7)27-4-3-9(25)26)10-22-11(13(16,17)18)24-12(23-10)14(19,20)21;15-13(16,17)11-21-10(22-12(23-11)14(18,19)20)7-1-3-8(4-2-7)26-6-5-9(24)25/h1-2,5H,3-4H2,(H,25,26);1-4H,5-6H2,(H,24,25). The van der Waals surface area contributed by atoms with Crippen LogP contribution < -0.4 is 0 Å². The molecule has 4 aromatic rings. The van der Waals surface area contributed by atoms with Crippen molar-refractivity contribution in [3.8, 4) is 22.8 Å². The van der Waals surface area contributed by atoms with Crippen molar-refractivity contribution in [2.24, 2.45) is 0 Å². The highest BCUT2D eigenvalue weighted by Gasteiger charge is 2.35. The molecule has 0 atom stereocenters. The average molecular weight is 1030 g/mol. The number of benzene rings is 2. The predicted molar refractivity (Wildman–Crippen MR) is 218 cm³/mol. The first kappa shape index (κ1) is 47.2. The first-order valence-electron chi connectivity index (χ1n) is 13.7. The smallest absolute Gasteiger partial charge is 0.304 e. The van der Waals surface area contributed by atoms with Gasteiger partial charge >= 0.3 is 11.9 Å². The Kier molecular flexibility index (Phi) is 17.9. The summed E-state index contributed by atoms with van der Waals surface area (Å²) in [5, 5.41) is 17.7. The third kappa shape index (κ3) is 15.6. The first-order valence-corrected chi connectivity index (χ1v) is 20.6. The molecule has 2 aromatic heterocycles. The van der Waals surface area contributed by atoms with Gasteiger partial charge in [-0.3, -0.25) is 9.59 Å². The maximum atomic E-state index is 10.6. The summed E-state index contributed by atoms with van der Waals surface area (Å²) in [7, 11) is 0. The number of thioether (sulfide) groups is 2. The lowest BCUT2D eigenvalue weighted by Crippen LogP contribution is -2.16. The van der Waals surface area contributed by atoms with Crippen LogP contribution >= 0.6 is 174 Å². The number of nitrogens with zero attached hydrogens (tertiary/aromatic N) is 6. The maximum Gasteiger partial charge on any atom is 0.304 e. The second-order valence-electron chi connectivity index (χ2n) is 9.76. The largest absolute Gasteiger partial charge is 0.481 e. The van der Waals surface area contributed by atoms with Crippen molar-refractivity contribution < 1.29 is 19.8 Å². The molecule has 0 radical (unpaired) electrons. The zero-order chi connectivity index (χ0) is 39.9. The molecule has 0 aliphatic carbocycles. The van der Waals surface area contributed by atoms with Crippen LogP contribution in [-0.2, 0) is 24.8 Å². The van der Waals surface area contributed by atoms with Gasteiger partial charge in [0.15, 0.2) is 34.9 Å². The number of aromatic nitrogens is 6. The molecule has 53 heavy (non-hydrogen) atoms. The number of rotatable bonds is 10. The van der Waals surface area contributed by atoms with E-state index in [0.29, 0.717) is 32.6 Å². The molecule has 2 N–H and O–H groups in total. The number of alkyl halides is 12. The van der Waals surface area contributed by atoms with Gasteiger partial charge in [0.1, 0.15) is 0 Å². The van der Waals surface area contributed by atoms with Crippen molar-refractivity contribution in [2.75, 3.05) is 11.5 Å². The summed E-state index contributed by atoms with van der Waals surface area (Å²) in [6, 6.07) is 12.0. The minimum Gasteiger partial charge on any atom is -0.481 e. The van der Waals surface area contributed by atoms with E-state index >= 15 is 0 Å². The second kappa shape index (κ2) is 20.0. The van der Waals surface area contributed by atoms with Crippen LogP contribution in [0.25, 0.3) is 22.8 Å². The lowest BCUT2D eigenvalue weighted by Gasteiger charge is -2.16. The quantitative estimate of drug-likeness (QED) is 0.115. The molecule has 2 heterocycles. The van der Waals surface area contributed by atoms with Crippen LogP contribution in [0.15, 0.2) is 52.3 Å². The van der Waals surface area contributed by atoms with E-state index in [1.165, 1.54) is 23.5 Å². The normalized spacial score (nSPS) is 12.2. The summed E-state index contributed by atoms with van der Waals surface area (Å²) >= 11 is 79.1. The zero-order valence-corrected chi connectivity index (χ0v) is 37.0. The molecule has 0 fully saturated rings. The molecule has 0 spiro atoms. The zero-order valence-electron chi connectivity index (χ0n) is 25.5. The number of carbonyl (C=O) groups is 2. The van der Waals surface area contributed by atoms with Crippen molar-refractivity contribution >= 4 is 186 Å². The molecule has 0 bridgehead atoms. The summed E-state index contributed by atoms with van der Waals surface area (Å²) in [6.45, 7) is 0. The van der Waals surface area contributed by atoms with Crippen molar-refractivity contribution in [3.05, 3.63) is 70.8 Å². The van der Waals surface area contributed by atoms with E-state index in [4.69, 9.17) is 161 Å². The fourth-order valence-corrected chi connectivity index (χ4v) is 6.54. The van der Waals surface area contributed by atoms with Gasteiger partial charge < -0.3 is 10.2 Å². The molecule has 2 aromatic carbocycles. The van der Waals surface area contributed by atoms with E-state index in [0.717, 1.165) is 4.90 Å². The van der Waals surface area contributed by atoms with Crippen molar-refractivity contribution in [2.45, 2.75) is 37.8 Å². The van der Waals surface area contributed by atoms with Crippen LogP contribution in [-0.4, -0.2) is 63.6 Å². The lowest BCUT2D eigenvalue weighted by molar-refractivity contribution is -0.137. The van der Waals surface area contributed by atoms with Crippen LogP contribution in [0.4, 0.5) is 0 Å². The summed E-state index contributed by atoms with van der Waals surface area (Å²) in [5.74, 6) is -1.42. The Hall–Kier alpha value is -0.130. The summed E-state index contributed by atoms with van der Waals surface area (Å²) in [6.07, 6.45) is 0.0779. The van der Waals surface area contributed by atoms with Crippen molar-refractivity contribution in [1.82, 2.24) is 29.9 Å². The molecule has 25 heteroatoms. The van der Waals surface area contributed by atoms with Gasteiger partial charge in [-0.15, -0.1) is 23.5 Å². The van der Waals surface area contributed by atoms with Gasteiger partial charge in [0.05, 0.1) is 17.9 Å². The molecule has 0 aliphatic heterocycles. The Morgan fingerprint density at radius 2 is 0.887 bits per heavy atom. The fourth-order valence-electron chi connectivity index (χ4n) is 3.48. The fraction of sp³-hybridized carbons (Fsp3) is 0.286. The van der Waals surface area contributed by atoms with E-state index in [-0.39, 0.29) is 47.8 Å². The van der Waals surface area contributed by atoms with Crippen LogP contribution in [0.1, 0.15) is 36.1 Å². The molecular formula is C28H17Cl13N6O4S2. The lowest BCUT2D eigenvalue weighted by atomic mass is 10.2. The molecule has 286 valence electrons. The van der Waals surface area contributed by atoms with Gasteiger partial charge in [0.25, 0.3) is 0 Å². The maximum absolute atomic E-state index is 10.6. The van der Waals surface area contributed by atoms with E-state index in [1.54, 1.807) is 42.5 Å². The number of hydrogen-bond acceptors (Lipinski definition) is 10. The predicted octanol–water partition coefficient (Wildman–Crippen LogP) is 12.2. The van der Waals surface area contributed by atoms with Gasteiger partial charge in [-0.05, 0) is 30.3 Å². The molecule has 0 saturated carbocycles. The summed E-state index contributed by atoms with van der Waals surface area (Å²) < 4.78 is -7.76. The highest BCUT2D eigenvalue weighted by atomic mass is 35.6. The molecule has 0 saturated heterocycles. The van der Waals surface area contributed by atoms with Gasteiger partial charge in [-0.25, -0.2) is 29.9 Å². The number of halogens is 13. The van der Waals surface area contributed by atoms with Gasteiger partial charge in [0, 0.05) is 32.4 Å². The van der Waals surface area contributed by atoms with Crippen LogP contribution in [0.5, 0.6) is 0 Å². The molecular weight excluding hydrogens is 1010 g/mol. The monoisotopic (exact) mass is 1020 g/mol. The third-order valence-electron chi connectivity index (χ3n) is 5.75. The first-order chi connectivity index (χ1) is 24.3. The molecule has 4 rings (SSSR count). The highest BCUT2D eigenvalue weighted by Crippen LogP contribution is 2.42. The Morgan fingerprint density at radius 1 is 0.528 bits per heavy atom. The van der Waals surface area contributed by atoms with Gasteiger partial charge in [-0.1, -0.05) is 163 Å². The molecule has 0 amide bonds. The molecule has 0 unspecified atom stereocenters. The Labute approximate surface area is 375 Å².